The van der Waals surface area contributed by atoms with Crippen molar-refractivity contribution in [2.45, 2.75) is 12.8 Å². The summed E-state index contributed by atoms with van der Waals surface area (Å²) in [4.78, 5) is 34.5. The molecule has 1 unspecified atom stereocenters. The van der Waals surface area contributed by atoms with E-state index in [9.17, 15) is 19.5 Å². The molecule has 0 aliphatic rings. The van der Waals surface area contributed by atoms with Gasteiger partial charge in [0.25, 0.3) is 0 Å². The summed E-state index contributed by atoms with van der Waals surface area (Å²) in [5.41, 5.74) is -0.151. The van der Waals surface area contributed by atoms with E-state index in [1.165, 1.54) is 32.2 Å². The second-order valence-corrected chi connectivity index (χ2v) is 3.80. The highest BCUT2D eigenvalue weighted by molar-refractivity contribution is 6.06. The van der Waals surface area contributed by atoms with Crippen molar-refractivity contribution in [2.24, 2.45) is 0 Å². The highest BCUT2D eigenvalue weighted by Gasteiger charge is 2.31. The Morgan fingerprint density at radius 2 is 1.84 bits per heavy atom. The van der Waals surface area contributed by atoms with E-state index in [1.54, 1.807) is 0 Å². The number of carbonyl (C=O) groups is 3. The third kappa shape index (κ3) is 2.90. The van der Waals surface area contributed by atoms with Gasteiger partial charge in [0.2, 0.25) is 0 Å². The number of methoxy groups -OCH3 is 2. The van der Waals surface area contributed by atoms with Gasteiger partial charge in [0.05, 0.1) is 14.2 Å². The molecule has 1 aromatic carbocycles. The summed E-state index contributed by atoms with van der Waals surface area (Å²) < 4.78 is 9.49. The van der Waals surface area contributed by atoms with Crippen LogP contribution in [0.1, 0.15) is 28.8 Å². The monoisotopic (exact) mass is 266 g/mol. The molecule has 0 aliphatic carbocycles. The molecule has 1 atom stereocenters. The zero-order chi connectivity index (χ0) is 14.6. The molecule has 19 heavy (non-hydrogen) atoms. The van der Waals surface area contributed by atoms with Crippen molar-refractivity contribution < 1.29 is 29.0 Å². The Hall–Kier alpha value is -2.37. The lowest BCUT2D eigenvalue weighted by Gasteiger charge is -2.16. The molecule has 1 N–H and O–H groups in total. The molecule has 0 heterocycles. The van der Waals surface area contributed by atoms with Crippen LogP contribution in [0.4, 0.5) is 0 Å². The first-order valence-corrected chi connectivity index (χ1v) is 5.42. The van der Waals surface area contributed by atoms with Crippen LogP contribution in [0.3, 0.4) is 0 Å². The number of carbonyl (C=O) groups excluding carboxylic acids is 2. The summed E-state index contributed by atoms with van der Waals surface area (Å²) in [5, 5.41) is 9.22. The van der Waals surface area contributed by atoms with Crippen LogP contribution in [0.5, 0.6) is 5.75 Å². The number of benzene rings is 1. The number of ketones is 1. The molecular formula is C13H14O6. The first kappa shape index (κ1) is 14.7. The Morgan fingerprint density at radius 3 is 2.26 bits per heavy atom. The lowest BCUT2D eigenvalue weighted by Crippen LogP contribution is -2.23. The van der Waals surface area contributed by atoms with Gasteiger partial charge < -0.3 is 14.6 Å². The van der Waals surface area contributed by atoms with Gasteiger partial charge in [-0.05, 0) is 18.6 Å². The van der Waals surface area contributed by atoms with Crippen molar-refractivity contribution in [1.29, 1.82) is 0 Å². The maximum Gasteiger partial charge on any atom is 0.339 e. The first-order valence-electron chi connectivity index (χ1n) is 5.42. The van der Waals surface area contributed by atoms with E-state index < -0.39 is 23.6 Å². The molecule has 1 rings (SSSR count). The van der Waals surface area contributed by atoms with Gasteiger partial charge in [0.1, 0.15) is 23.0 Å². The van der Waals surface area contributed by atoms with E-state index in [-0.39, 0.29) is 16.9 Å². The highest BCUT2D eigenvalue weighted by Crippen LogP contribution is 2.29. The third-order valence-electron chi connectivity index (χ3n) is 2.65. The zero-order valence-corrected chi connectivity index (χ0v) is 10.8. The van der Waals surface area contributed by atoms with Gasteiger partial charge in [-0.15, -0.1) is 0 Å². The van der Waals surface area contributed by atoms with Gasteiger partial charge in [-0.2, -0.15) is 0 Å². The maximum atomic E-state index is 11.7. The zero-order valence-electron chi connectivity index (χ0n) is 10.8. The second kappa shape index (κ2) is 5.99. The second-order valence-electron chi connectivity index (χ2n) is 3.80. The Kier molecular flexibility index (Phi) is 4.63. The molecule has 0 amide bonds. The number of esters is 1. The van der Waals surface area contributed by atoms with Crippen molar-refractivity contribution in [2.75, 3.05) is 14.2 Å². The number of aromatic carboxylic acids is 1. The van der Waals surface area contributed by atoms with Crippen molar-refractivity contribution in [1.82, 2.24) is 0 Å². The van der Waals surface area contributed by atoms with Gasteiger partial charge in [-0.25, -0.2) is 4.79 Å². The quantitative estimate of drug-likeness (QED) is 0.637. The molecule has 0 radical (unpaired) electrons. The van der Waals surface area contributed by atoms with E-state index in [0.717, 1.165) is 7.11 Å². The van der Waals surface area contributed by atoms with Crippen LogP contribution in [0, 0.1) is 0 Å². The SMILES string of the molecule is COC(=O)C(C(C)=O)c1cccc(OC)c1C(=O)O. The number of rotatable bonds is 5. The molecule has 0 aliphatic heterocycles. The number of Topliss-reactive ketones (excluding diaryl/α,β-unsaturated/α-hetero) is 1. The number of hydrogen-bond acceptors (Lipinski definition) is 5. The molecule has 1 aromatic rings. The number of hydrogen-bond donors (Lipinski definition) is 1. The molecule has 6 nitrogen and oxygen atoms in total. The summed E-state index contributed by atoms with van der Waals surface area (Å²) in [5.74, 6) is -3.76. The fourth-order valence-electron chi connectivity index (χ4n) is 1.82. The van der Waals surface area contributed by atoms with Gasteiger partial charge in [-0.3, -0.25) is 9.59 Å². The molecule has 0 aromatic heterocycles. The van der Waals surface area contributed by atoms with Crippen molar-refractivity contribution in [3.05, 3.63) is 29.3 Å². The fourth-order valence-corrected chi connectivity index (χ4v) is 1.82. The van der Waals surface area contributed by atoms with Gasteiger partial charge >= 0.3 is 11.9 Å². The molecule has 0 bridgehead atoms. The summed E-state index contributed by atoms with van der Waals surface area (Å²) in [6.07, 6.45) is 0. The minimum Gasteiger partial charge on any atom is -0.496 e. The summed E-state index contributed by atoms with van der Waals surface area (Å²) in [7, 11) is 2.45. The van der Waals surface area contributed by atoms with Gasteiger partial charge in [0.15, 0.2) is 0 Å². The highest BCUT2D eigenvalue weighted by atomic mass is 16.5. The number of ether oxygens (including phenoxy) is 2. The number of carboxylic acids is 1. The van der Waals surface area contributed by atoms with Crippen LogP contribution in [0.15, 0.2) is 18.2 Å². The van der Waals surface area contributed by atoms with E-state index >= 15 is 0 Å². The van der Waals surface area contributed by atoms with Gasteiger partial charge in [-0.1, -0.05) is 12.1 Å². The third-order valence-corrected chi connectivity index (χ3v) is 2.65. The minimum atomic E-state index is -1.28. The van der Waals surface area contributed by atoms with Crippen molar-refractivity contribution >= 4 is 17.7 Å². The van der Waals surface area contributed by atoms with E-state index in [0.29, 0.717) is 0 Å². The molecule has 0 fully saturated rings. The lowest BCUT2D eigenvalue weighted by atomic mass is 9.90. The first-order chi connectivity index (χ1) is 8.93. The predicted octanol–water partition coefficient (Wildman–Crippen LogP) is 1.24. The van der Waals surface area contributed by atoms with Crippen LogP contribution in [0.2, 0.25) is 0 Å². The van der Waals surface area contributed by atoms with E-state index in [1.807, 2.05) is 0 Å². The van der Waals surface area contributed by atoms with Gasteiger partial charge in [0, 0.05) is 0 Å². The fraction of sp³-hybridized carbons (Fsp3) is 0.308. The normalized spacial score (nSPS) is 11.5. The lowest BCUT2D eigenvalue weighted by molar-refractivity contribution is -0.145. The van der Waals surface area contributed by atoms with Crippen LogP contribution >= 0.6 is 0 Å². The van der Waals surface area contributed by atoms with E-state index in [2.05, 4.69) is 4.74 Å². The average molecular weight is 266 g/mol. The predicted molar refractivity (Wildman–Crippen MR) is 65.4 cm³/mol. The topological polar surface area (TPSA) is 89.9 Å². The standard InChI is InChI=1S/C13H14O6/c1-7(14)10(13(17)19-3)8-5-4-6-9(18-2)11(8)12(15)16/h4-6,10H,1-3H3,(H,15,16). The average Bonchev–Trinajstić information content (AvgIpc) is 2.37. The molecule has 0 spiro atoms. The van der Waals surface area contributed by atoms with Crippen LogP contribution in [-0.2, 0) is 14.3 Å². The smallest absolute Gasteiger partial charge is 0.339 e. The largest absolute Gasteiger partial charge is 0.496 e. The Morgan fingerprint density at radius 1 is 1.21 bits per heavy atom. The van der Waals surface area contributed by atoms with E-state index in [4.69, 9.17) is 4.74 Å². The maximum absolute atomic E-state index is 11.7. The van der Waals surface area contributed by atoms with Crippen LogP contribution in [-0.4, -0.2) is 37.0 Å². The van der Waals surface area contributed by atoms with Crippen LogP contribution < -0.4 is 4.74 Å². The van der Waals surface area contributed by atoms with Crippen LogP contribution in [0.25, 0.3) is 0 Å². The minimum absolute atomic E-state index is 0.0613. The summed E-state index contributed by atoms with van der Waals surface area (Å²) in [6.45, 7) is 1.20. The Balaban J connectivity index is 3.51. The molecule has 6 heteroatoms. The number of carboxylic acid groups (broad SMARTS) is 1. The molecule has 0 saturated carbocycles. The molecule has 0 saturated heterocycles. The Labute approximate surface area is 109 Å². The molecular weight excluding hydrogens is 252 g/mol. The molecule has 102 valence electrons. The Bertz CT molecular complexity index is 520. The summed E-state index contributed by atoms with van der Waals surface area (Å²) >= 11 is 0. The summed E-state index contributed by atoms with van der Waals surface area (Å²) in [6, 6.07) is 4.36. The van der Waals surface area contributed by atoms with Crippen molar-refractivity contribution in [3.8, 4) is 5.75 Å². The van der Waals surface area contributed by atoms with Crippen molar-refractivity contribution in [3.63, 3.8) is 0 Å².